The quantitative estimate of drug-likeness (QED) is 0.141. The van der Waals surface area contributed by atoms with E-state index in [4.69, 9.17) is 14.2 Å². The van der Waals surface area contributed by atoms with E-state index >= 15 is 0 Å². The summed E-state index contributed by atoms with van der Waals surface area (Å²) in [6.07, 6.45) is 0. The predicted molar refractivity (Wildman–Crippen MR) is 189 cm³/mol. The van der Waals surface area contributed by atoms with Gasteiger partial charge in [-0.2, -0.15) is 0 Å². The molecular weight excluding hydrogens is 592 g/mol. The molecule has 0 N–H and O–H groups in total. The lowest BCUT2D eigenvalue weighted by molar-refractivity contribution is -0.193. The zero-order valence-electron chi connectivity index (χ0n) is 27.4. The Bertz CT molecular complexity index is 1650. The predicted octanol–water partition coefficient (Wildman–Crippen LogP) is 9.00. The molecule has 0 bridgehead atoms. The number of benzene rings is 6. The Morgan fingerprint density at radius 2 is 0.604 bits per heavy atom. The molecular formula is C44H40O4. The molecule has 2 saturated heterocycles. The minimum Gasteiger partial charge on any atom is -0.388 e. The molecule has 2 fully saturated rings. The van der Waals surface area contributed by atoms with Gasteiger partial charge in [0.15, 0.2) is 22.4 Å². The fraction of sp³-hybridized carbons (Fsp3) is 0.182. The van der Waals surface area contributed by atoms with Crippen LogP contribution in [0.4, 0.5) is 0 Å². The number of rotatable bonds is 10. The van der Waals surface area contributed by atoms with Gasteiger partial charge < -0.3 is 18.9 Å². The van der Waals surface area contributed by atoms with Crippen LogP contribution in [-0.4, -0.2) is 27.4 Å². The second-order valence-electron chi connectivity index (χ2n) is 12.3. The highest BCUT2D eigenvalue weighted by Crippen LogP contribution is 2.66. The van der Waals surface area contributed by atoms with Crippen LogP contribution >= 0.6 is 0 Å². The van der Waals surface area contributed by atoms with Crippen molar-refractivity contribution in [3.63, 3.8) is 0 Å². The molecule has 2 heterocycles. The van der Waals surface area contributed by atoms with Crippen molar-refractivity contribution in [2.24, 2.45) is 0 Å². The summed E-state index contributed by atoms with van der Waals surface area (Å²) in [6, 6.07) is 63.3. The van der Waals surface area contributed by atoms with Gasteiger partial charge in [0, 0.05) is 14.2 Å². The van der Waals surface area contributed by atoms with Gasteiger partial charge in [0.25, 0.3) is 0 Å². The lowest BCUT2D eigenvalue weighted by Crippen LogP contribution is -2.55. The number of ether oxygens (including phenoxy) is 4. The zero-order valence-corrected chi connectivity index (χ0v) is 27.4. The summed E-state index contributed by atoms with van der Waals surface area (Å²) in [6.45, 7) is 0.999. The van der Waals surface area contributed by atoms with E-state index in [1.807, 2.05) is 12.1 Å². The number of hydrogen-bond acceptors (Lipinski definition) is 4. The molecule has 2 aliphatic heterocycles. The molecule has 0 aromatic heterocycles. The maximum absolute atomic E-state index is 8.28. The van der Waals surface area contributed by atoms with Gasteiger partial charge in [0.1, 0.15) is 0 Å². The summed E-state index contributed by atoms with van der Waals surface area (Å²) < 4.78 is 26.0. The highest BCUT2D eigenvalue weighted by Gasteiger charge is 2.73. The summed E-state index contributed by atoms with van der Waals surface area (Å²) in [4.78, 5) is 0. The zero-order chi connectivity index (χ0) is 32.9. The molecule has 0 saturated carbocycles. The number of methoxy groups -OCH3 is 1. The molecule has 6 aromatic rings. The van der Waals surface area contributed by atoms with Gasteiger partial charge in [-0.15, -0.1) is 0 Å². The molecule has 0 spiro atoms. The number of hydrogen-bond donors (Lipinski definition) is 0. The van der Waals surface area contributed by atoms with Gasteiger partial charge in [-0.05, 0) is 33.4 Å². The third-order valence-corrected chi connectivity index (χ3v) is 9.51. The van der Waals surface area contributed by atoms with Crippen LogP contribution in [0.25, 0.3) is 0 Å². The van der Waals surface area contributed by atoms with Gasteiger partial charge in [-0.3, -0.25) is 0 Å². The van der Waals surface area contributed by atoms with Crippen LogP contribution < -0.4 is 0 Å². The largest absolute Gasteiger partial charge is 0.388 e. The lowest BCUT2D eigenvalue weighted by atomic mass is 9.68. The highest BCUT2D eigenvalue weighted by atomic mass is 16.7. The lowest BCUT2D eigenvalue weighted by Gasteiger charge is -2.50. The van der Waals surface area contributed by atoms with E-state index in [9.17, 15) is 0 Å². The average Bonchev–Trinajstić information content (AvgIpc) is 4.11. The van der Waals surface area contributed by atoms with Gasteiger partial charge in [0.05, 0.1) is 13.2 Å². The van der Waals surface area contributed by atoms with Gasteiger partial charge in [0.2, 0.25) is 0 Å². The van der Waals surface area contributed by atoms with Crippen LogP contribution in [0, 0.1) is 0 Å². The summed E-state index contributed by atoms with van der Waals surface area (Å²) >= 11 is 0. The maximum Gasteiger partial charge on any atom is 0.155 e. The van der Waals surface area contributed by atoms with Crippen molar-refractivity contribution >= 4 is 0 Å². The van der Waals surface area contributed by atoms with E-state index in [1.54, 1.807) is 14.2 Å². The molecule has 8 rings (SSSR count). The topological polar surface area (TPSA) is 43.5 Å². The molecule has 48 heavy (non-hydrogen) atoms. The van der Waals surface area contributed by atoms with Crippen molar-refractivity contribution in [1.82, 2.24) is 0 Å². The monoisotopic (exact) mass is 632 g/mol. The Hall–Kier alpha value is -4.84. The van der Waals surface area contributed by atoms with Crippen LogP contribution in [0.1, 0.15) is 33.4 Å². The molecule has 2 aliphatic rings. The van der Waals surface area contributed by atoms with E-state index in [-0.39, 0.29) is 0 Å². The Kier molecular flexibility index (Phi) is 8.83. The first-order chi connectivity index (χ1) is 23.7. The second-order valence-corrected chi connectivity index (χ2v) is 12.3. The Balaban J connectivity index is 0.00000117. The minimum absolute atomic E-state index is 0.500. The number of epoxide rings is 2. The standard InChI is InChI=1S/C42H34O3.C2H6O/c1-7-19-33(20-8-1)39(31-43-39)41(35-23-11-3-12-24-35,36-25-13-4-14-26-36)45-42(37-27-15-5-16-28-37,38-29-17-6-18-30-38)40(32-44-40)34-21-9-2-10-22-34;1-3-2/h1-30H,31-32H2;1-2H3. The van der Waals surface area contributed by atoms with Crippen molar-refractivity contribution in [2.75, 3.05) is 27.4 Å². The van der Waals surface area contributed by atoms with Crippen LogP contribution in [0.5, 0.6) is 0 Å². The average molecular weight is 633 g/mol. The van der Waals surface area contributed by atoms with Crippen molar-refractivity contribution in [3.05, 3.63) is 215 Å². The van der Waals surface area contributed by atoms with Crippen LogP contribution in [0.3, 0.4) is 0 Å². The molecule has 240 valence electrons. The first-order valence-electron chi connectivity index (χ1n) is 16.4. The minimum atomic E-state index is -1.09. The van der Waals surface area contributed by atoms with Crippen molar-refractivity contribution < 1.29 is 18.9 Å². The van der Waals surface area contributed by atoms with Gasteiger partial charge >= 0.3 is 0 Å². The van der Waals surface area contributed by atoms with Crippen molar-refractivity contribution in [2.45, 2.75) is 22.4 Å². The van der Waals surface area contributed by atoms with E-state index in [0.717, 1.165) is 33.4 Å². The molecule has 4 nitrogen and oxygen atoms in total. The smallest absolute Gasteiger partial charge is 0.155 e. The molecule has 2 atom stereocenters. The molecule has 2 unspecified atom stereocenters. The molecule has 6 aromatic carbocycles. The second kappa shape index (κ2) is 13.3. The third-order valence-electron chi connectivity index (χ3n) is 9.51. The van der Waals surface area contributed by atoms with E-state index in [1.165, 1.54) is 0 Å². The first kappa shape index (κ1) is 31.7. The summed E-state index contributed by atoms with van der Waals surface area (Å²) in [7, 11) is 3.25. The molecule has 0 aliphatic carbocycles. The third kappa shape index (κ3) is 5.18. The summed E-state index contributed by atoms with van der Waals surface area (Å²) in [5, 5.41) is 0. The molecule has 0 radical (unpaired) electrons. The summed E-state index contributed by atoms with van der Waals surface area (Å²) in [5.74, 6) is 0. The van der Waals surface area contributed by atoms with Gasteiger partial charge in [-0.25, -0.2) is 0 Å². The fourth-order valence-electron chi connectivity index (χ4n) is 7.29. The molecule has 0 amide bonds. The van der Waals surface area contributed by atoms with Crippen molar-refractivity contribution in [3.8, 4) is 0 Å². The SMILES string of the molecule is COC.c1ccc(C2(C(OC(c3ccccc3)(c3ccccc3)C3(c4ccccc4)CO3)(c3ccccc3)c3ccccc3)CO2)cc1. The van der Waals surface area contributed by atoms with Crippen molar-refractivity contribution in [1.29, 1.82) is 0 Å². The Morgan fingerprint density at radius 3 is 0.812 bits per heavy atom. The van der Waals surface area contributed by atoms with E-state index in [0.29, 0.717) is 13.2 Å². The molecule has 4 heteroatoms. The van der Waals surface area contributed by atoms with Crippen LogP contribution in [0.2, 0.25) is 0 Å². The van der Waals surface area contributed by atoms with Gasteiger partial charge in [-0.1, -0.05) is 182 Å². The highest BCUT2D eigenvalue weighted by molar-refractivity contribution is 5.52. The van der Waals surface area contributed by atoms with E-state index < -0.39 is 22.4 Å². The van der Waals surface area contributed by atoms with E-state index in [2.05, 4.69) is 175 Å². The summed E-state index contributed by atoms with van der Waals surface area (Å²) in [5.41, 5.74) is 2.39. The first-order valence-corrected chi connectivity index (χ1v) is 16.4. The Morgan fingerprint density at radius 1 is 0.396 bits per heavy atom. The van der Waals surface area contributed by atoms with Crippen LogP contribution in [0.15, 0.2) is 182 Å². The van der Waals surface area contributed by atoms with Crippen LogP contribution in [-0.2, 0) is 41.4 Å². The Labute approximate surface area is 283 Å². The maximum atomic E-state index is 8.28. The fourth-order valence-corrected chi connectivity index (χ4v) is 7.29. The normalized spacial score (nSPS) is 19.9.